The fourth-order valence-corrected chi connectivity index (χ4v) is 5.55. The van der Waals surface area contributed by atoms with E-state index in [1.807, 2.05) is 30.5 Å². The van der Waals surface area contributed by atoms with Gasteiger partial charge in [0.15, 0.2) is 5.58 Å². The standard InChI is InChI=1S/C32H29F2NO/c1-19-25-12-14-35-28(24-16-21-7-5-6-8-26(21)27(17-24)31(2,3)4)30(25)36-29(19)22-9-10-23-18-32(33,34)13-11-20(23)15-22/h5-10,12,14-17H,11,13,18H2,1-4H3. The van der Waals surface area contributed by atoms with E-state index < -0.39 is 5.92 Å². The maximum atomic E-state index is 13.9. The Kier molecular flexibility index (Phi) is 5.08. The highest BCUT2D eigenvalue weighted by Gasteiger charge is 2.34. The van der Waals surface area contributed by atoms with E-state index in [1.54, 1.807) is 0 Å². The van der Waals surface area contributed by atoms with Crippen molar-refractivity contribution in [2.45, 2.75) is 58.3 Å². The van der Waals surface area contributed by atoms with Gasteiger partial charge in [-0.05, 0) is 70.5 Å². The molecule has 1 aliphatic rings. The highest BCUT2D eigenvalue weighted by molar-refractivity contribution is 5.99. The van der Waals surface area contributed by atoms with Crippen molar-refractivity contribution in [1.82, 2.24) is 4.98 Å². The first-order chi connectivity index (χ1) is 17.1. The van der Waals surface area contributed by atoms with Gasteiger partial charge in [0, 0.05) is 41.1 Å². The predicted octanol–water partition coefficient (Wildman–Crippen LogP) is 9.04. The first kappa shape index (κ1) is 22.9. The zero-order valence-corrected chi connectivity index (χ0v) is 21.1. The number of halogens is 2. The smallest absolute Gasteiger partial charge is 0.252 e. The summed E-state index contributed by atoms with van der Waals surface area (Å²) >= 11 is 0. The minimum absolute atomic E-state index is 0.0340. The fourth-order valence-electron chi connectivity index (χ4n) is 5.55. The number of hydrogen-bond donors (Lipinski definition) is 0. The van der Waals surface area contributed by atoms with Gasteiger partial charge in [0.05, 0.1) is 0 Å². The van der Waals surface area contributed by atoms with Crippen LogP contribution in [0.1, 0.15) is 49.4 Å². The number of aromatic nitrogens is 1. The molecule has 2 heterocycles. The maximum absolute atomic E-state index is 13.9. The molecule has 0 saturated carbocycles. The van der Waals surface area contributed by atoms with Gasteiger partial charge >= 0.3 is 0 Å². The van der Waals surface area contributed by atoms with Crippen LogP contribution in [0.3, 0.4) is 0 Å². The van der Waals surface area contributed by atoms with Crippen molar-refractivity contribution >= 4 is 21.7 Å². The third-order valence-electron chi connectivity index (χ3n) is 7.47. The summed E-state index contributed by atoms with van der Waals surface area (Å²) in [6, 6.07) is 20.6. The summed E-state index contributed by atoms with van der Waals surface area (Å²) in [5, 5.41) is 3.44. The lowest BCUT2D eigenvalue weighted by atomic mass is 9.82. The van der Waals surface area contributed by atoms with Gasteiger partial charge in [-0.1, -0.05) is 57.2 Å². The van der Waals surface area contributed by atoms with Crippen LogP contribution in [-0.4, -0.2) is 10.9 Å². The van der Waals surface area contributed by atoms with Gasteiger partial charge in [-0.25, -0.2) is 8.78 Å². The molecule has 0 spiro atoms. The number of rotatable bonds is 2. The van der Waals surface area contributed by atoms with Crippen LogP contribution < -0.4 is 0 Å². The Morgan fingerprint density at radius 2 is 1.69 bits per heavy atom. The molecule has 0 unspecified atom stereocenters. The second-order valence-electron chi connectivity index (χ2n) is 11.1. The van der Waals surface area contributed by atoms with E-state index in [2.05, 4.69) is 64.1 Å². The van der Waals surface area contributed by atoms with Crippen molar-refractivity contribution in [2.75, 3.05) is 0 Å². The molecule has 0 aliphatic heterocycles. The molecule has 182 valence electrons. The SMILES string of the molecule is Cc1c(-c2ccc3c(c2)CCC(F)(F)C3)oc2c(-c3cc(C(C)(C)C)c4ccccc4c3)nccc12. The summed E-state index contributed by atoms with van der Waals surface area (Å²) in [6.45, 7) is 8.74. The Balaban J connectivity index is 1.52. The first-order valence-electron chi connectivity index (χ1n) is 12.5. The molecular weight excluding hydrogens is 452 g/mol. The summed E-state index contributed by atoms with van der Waals surface area (Å²) in [5.74, 6) is -1.84. The van der Waals surface area contributed by atoms with Gasteiger partial charge in [-0.3, -0.25) is 4.98 Å². The number of aryl methyl sites for hydroxylation is 2. The van der Waals surface area contributed by atoms with Crippen molar-refractivity contribution in [2.24, 2.45) is 0 Å². The average Bonchev–Trinajstić information content (AvgIpc) is 3.18. The van der Waals surface area contributed by atoms with Crippen molar-refractivity contribution in [1.29, 1.82) is 0 Å². The molecule has 5 aromatic rings. The zero-order chi connectivity index (χ0) is 25.2. The molecule has 2 nitrogen and oxygen atoms in total. The Morgan fingerprint density at radius 1 is 0.889 bits per heavy atom. The Hall–Kier alpha value is -3.53. The van der Waals surface area contributed by atoms with Crippen LogP contribution in [0.15, 0.2) is 71.3 Å². The highest BCUT2D eigenvalue weighted by atomic mass is 19.3. The molecule has 36 heavy (non-hydrogen) atoms. The van der Waals surface area contributed by atoms with Crippen LogP contribution in [0.2, 0.25) is 0 Å². The van der Waals surface area contributed by atoms with E-state index in [-0.39, 0.29) is 18.3 Å². The van der Waals surface area contributed by atoms with Gasteiger partial charge in [-0.2, -0.15) is 0 Å². The van der Waals surface area contributed by atoms with Gasteiger partial charge in [0.2, 0.25) is 0 Å². The second kappa shape index (κ2) is 7.99. The molecule has 0 radical (unpaired) electrons. The summed E-state index contributed by atoms with van der Waals surface area (Å²) in [6.07, 6.45) is 1.93. The number of benzene rings is 3. The highest BCUT2D eigenvalue weighted by Crippen LogP contribution is 2.41. The van der Waals surface area contributed by atoms with Gasteiger partial charge in [0.1, 0.15) is 11.5 Å². The van der Waals surface area contributed by atoms with E-state index in [1.165, 1.54) is 16.3 Å². The number of furan rings is 1. The van der Waals surface area contributed by atoms with E-state index in [9.17, 15) is 8.78 Å². The molecule has 0 amide bonds. The molecular formula is C32H29F2NO. The fraction of sp³-hybridized carbons (Fsp3) is 0.281. The van der Waals surface area contributed by atoms with Crippen LogP contribution >= 0.6 is 0 Å². The maximum Gasteiger partial charge on any atom is 0.252 e. The molecule has 4 heteroatoms. The zero-order valence-electron chi connectivity index (χ0n) is 21.1. The van der Waals surface area contributed by atoms with Gasteiger partial charge in [0.25, 0.3) is 5.92 Å². The summed E-state index contributed by atoms with van der Waals surface area (Å²) < 4.78 is 34.3. The van der Waals surface area contributed by atoms with Crippen molar-refractivity contribution < 1.29 is 13.2 Å². The van der Waals surface area contributed by atoms with Crippen LogP contribution in [-0.2, 0) is 18.3 Å². The summed E-state index contributed by atoms with van der Waals surface area (Å²) in [5.41, 5.74) is 7.51. The molecule has 0 bridgehead atoms. The monoisotopic (exact) mass is 481 g/mol. The largest absolute Gasteiger partial charge is 0.453 e. The Morgan fingerprint density at radius 3 is 2.50 bits per heavy atom. The molecule has 0 atom stereocenters. The number of fused-ring (bicyclic) bond motifs is 3. The number of pyridine rings is 1. The molecule has 2 aromatic heterocycles. The van der Waals surface area contributed by atoms with Gasteiger partial charge in [-0.15, -0.1) is 0 Å². The van der Waals surface area contributed by atoms with E-state index in [0.717, 1.165) is 50.2 Å². The van der Waals surface area contributed by atoms with E-state index in [4.69, 9.17) is 9.40 Å². The molecule has 0 saturated heterocycles. The molecule has 0 N–H and O–H groups in total. The molecule has 6 rings (SSSR count). The van der Waals surface area contributed by atoms with E-state index in [0.29, 0.717) is 6.42 Å². The lowest BCUT2D eigenvalue weighted by Gasteiger charge is -2.24. The minimum Gasteiger partial charge on any atom is -0.453 e. The van der Waals surface area contributed by atoms with Crippen molar-refractivity contribution in [3.05, 3.63) is 89.1 Å². The first-order valence-corrected chi connectivity index (χ1v) is 12.5. The van der Waals surface area contributed by atoms with Crippen LogP contribution in [0.4, 0.5) is 8.78 Å². The second-order valence-corrected chi connectivity index (χ2v) is 11.1. The summed E-state index contributed by atoms with van der Waals surface area (Å²) in [7, 11) is 0. The average molecular weight is 482 g/mol. The van der Waals surface area contributed by atoms with Crippen molar-refractivity contribution in [3.63, 3.8) is 0 Å². The number of nitrogens with zero attached hydrogens (tertiary/aromatic N) is 1. The number of hydrogen-bond acceptors (Lipinski definition) is 2. The lowest BCUT2D eigenvalue weighted by Crippen LogP contribution is -2.25. The molecule has 1 aliphatic carbocycles. The van der Waals surface area contributed by atoms with Gasteiger partial charge < -0.3 is 4.42 Å². The third kappa shape index (κ3) is 3.80. The van der Waals surface area contributed by atoms with Crippen LogP contribution in [0.5, 0.6) is 0 Å². The molecule has 0 fully saturated rings. The topological polar surface area (TPSA) is 26.0 Å². The third-order valence-corrected chi connectivity index (χ3v) is 7.47. The quantitative estimate of drug-likeness (QED) is 0.251. The summed E-state index contributed by atoms with van der Waals surface area (Å²) in [4.78, 5) is 4.76. The minimum atomic E-state index is -2.61. The normalized spacial score (nSPS) is 15.4. The van der Waals surface area contributed by atoms with E-state index >= 15 is 0 Å². The molecule has 3 aromatic carbocycles. The lowest BCUT2D eigenvalue weighted by molar-refractivity contribution is -0.0122. The van der Waals surface area contributed by atoms with Crippen LogP contribution in [0.25, 0.3) is 44.3 Å². The Labute approximate surface area is 210 Å². The van der Waals surface area contributed by atoms with Crippen LogP contribution in [0, 0.1) is 6.92 Å². The predicted molar refractivity (Wildman–Crippen MR) is 143 cm³/mol. The Bertz CT molecular complexity index is 1640. The number of alkyl halides is 2. The van der Waals surface area contributed by atoms with Crippen molar-refractivity contribution in [3.8, 4) is 22.6 Å².